The number of Topliss-reactive ketones (excluding diaryl/α,β-unsaturated/α-hetero) is 1. The van der Waals surface area contributed by atoms with E-state index in [9.17, 15) is 49.8 Å². The summed E-state index contributed by atoms with van der Waals surface area (Å²) in [6, 6.07) is 22.7. The van der Waals surface area contributed by atoms with Gasteiger partial charge in [0.05, 0.1) is 42.3 Å². The molecule has 4 fully saturated rings. The molecule has 2 saturated carbocycles. The molecule has 18 heteroatoms. The second-order valence-electron chi connectivity index (χ2n) is 19.1. The maximum Gasteiger partial charge on any atom is 0.338 e. The number of ketones is 1. The van der Waals surface area contributed by atoms with Crippen molar-refractivity contribution in [2.75, 3.05) is 13.2 Å². The van der Waals surface area contributed by atoms with Gasteiger partial charge in [-0.2, -0.15) is 0 Å². The summed E-state index contributed by atoms with van der Waals surface area (Å²) in [5, 5.41) is 72.9. The van der Waals surface area contributed by atoms with Crippen molar-refractivity contribution in [3.8, 4) is 0 Å². The van der Waals surface area contributed by atoms with Crippen molar-refractivity contribution in [1.82, 2.24) is 5.32 Å². The van der Waals surface area contributed by atoms with E-state index in [0.29, 0.717) is 5.56 Å². The van der Waals surface area contributed by atoms with E-state index in [0.717, 1.165) is 6.92 Å². The Morgan fingerprint density at radius 2 is 1.43 bits per heavy atom. The smallest absolute Gasteiger partial charge is 0.338 e. The van der Waals surface area contributed by atoms with Gasteiger partial charge in [0, 0.05) is 30.7 Å². The quantitative estimate of drug-likeness (QED) is 0.0818. The van der Waals surface area contributed by atoms with E-state index in [4.69, 9.17) is 28.4 Å². The predicted octanol–water partition coefficient (Wildman–Crippen LogP) is 1.63. The van der Waals surface area contributed by atoms with Gasteiger partial charge < -0.3 is 64.4 Å². The Hall–Kier alpha value is -5.41. The lowest BCUT2D eigenvalue weighted by molar-refractivity contribution is -0.366. The number of rotatable bonds is 11. The van der Waals surface area contributed by atoms with Gasteiger partial charge in [0.15, 0.2) is 23.8 Å². The molecule has 3 aromatic rings. The van der Waals surface area contributed by atoms with E-state index in [-0.39, 0.29) is 35.3 Å². The molecule has 2 aliphatic heterocycles. The monoisotopic (exact) mass is 943 g/mol. The zero-order valence-corrected chi connectivity index (χ0v) is 38.1. The van der Waals surface area contributed by atoms with Crippen LogP contribution in [0.3, 0.4) is 0 Å². The molecule has 0 aromatic heterocycles. The molecule has 2 bridgehead atoms. The van der Waals surface area contributed by atoms with Crippen LogP contribution in [0.4, 0.5) is 0 Å². The van der Waals surface area contributed by atoms with Crippen LogP contribution in [0, 0.1) is 16.7 Å². The minimum absolute atomic E-state index is 0.0280. The number of ether oxygens (including phenoxy) is 6. The van der Waals surface area contributed by atoms with Crippen LogP contribution >= 0.6 is 0 Å². The Balaban J connectivity index is 1.26. The first-order valence-corrected chi connectivity index (χ1v) is 22.5. The number of carbonyl (C=O) groups is 5. The van der Waals surface area contributed by atoms with Gasteiger partial charge in [-0.1, -0.05) is 80.6 Å². The second kappa shape index (κ2) is 18.5. The van der Waals surface area contributed by atoms with Crippen molar-refractivity contribution in [2.45, 2.75) is 126 Å². The van der Waals surface area contributed by atoms with Crippen molar-refractivity contribution in [2.24, 2.45) is 16.7 Å². The van der Waals surface area contributed by atoms with Crippen molar-refractivity contribution in [1.29, 1.82) is 0 Å². The molecule has 7 N–H and O–H groups in total. The molecule has 0 radical (unpaired) electrons. The number of carbonyl (C=O) groups excluding carboxylic acids is 5. The van der Waals surface area contributed by atoms with Crippen molar-refractivity contribution in [3.05, 3.63) is 119 Å². The van der Waals surface area contributed by atoms with E-state index in [1.165, 1.54) is 39.8 Å². The fraction of sp³-hybridized carbons (Fsp3) is 0.500. The fourth-order valence-electron chi connectivity index (χ4n) is 11.2. The molecule has 1 amide bonds. The lowest BCUT2D eigenvalue weighted by atomic mass is 9.44. The van der Waals surface area contributed by atoms with Crippen molar-refractivity contribution < 1.29 is 83.0 Å². The molecular formula is C50H57NO17. The third-order valence-corrected chi connectivity index (χ3v) is 14.9. The van der Waals surface area contributed by atoms with Gasteiger partial charge in [-0.15, -0.1) is 0 Å². The molecule has 68 heavy (non-hydrogen) atoms. The fourth-order valence-corrected chi connectivity index (χ4v) is 11.2. The summed E-state index contributed by atoms with van der Waals surface area (Å²) < 4.78 is 36.8. The minimum Gasteiger partial charge on any atom is -0.456 e. The second-order valence-corrected chi connectivity index (χ2v) is 19.1. The number of nitrogens with one attached hydrogen (secondary N) is 1. The Bertz CT molecular complexity index is 2430. The summed E-state index contributed by atoms with van der Waals surface area (Å²) >= 11 is 0. The summed E-state index contributed by atoms with van der Waals surface area (Å²) in [6.45, 7) is 6.21. The van der Waals surface area contributed by atoms with Crippen LogP contribution < -0.4 is 5.32 Å². The highest BCUT2D eigenvalue weighted by molar-refractivity contribution is 5.95. The molecule has 2 saturated heterocycles. The van der Waals surface area contributed by atoms with Gasteiger partial charge in [-0.3, -0.25) is 14.4 Å². The third kappa shape index (κ3) is 8.14. The van der Waals surface area contributed by atoms with Gasteiger partial charge >= 0.3 is 17.9 Å². The molecule has 0 spiro atoms. The molecule has 5 aliphatic rings. The Morgan fingerprint density at radius 3 is 2.01 bits per heavy atom. The molecule has 3 aromatic carbocycles. The Kier molecular flexibility index (Phi) is 13.3. The summed E-state index contributed by atoms with van der Waals surface area (Å²) in [6.07, 6.45) is -17.8. The number of hydrogen-bond acceptors (Lipinski definition) is 17. The summed E-state index contributed by atoms with van der Waals surface area (Å²) in [5.74, 6) is -6.29. The SMILES string of the molecule is CC(=O)O[C@@]12COC1CC(OC1OCC(O)C(O)C1O)[C@@]1(C)C(=O)C(O)C3=C(C)C(OC(=O)C(O)C(NC(=O)c4ccccc4)c4ccccc4)C[C@@](O)(C(OC(=O)c4ccccc4)C21)C3(C)C. The lowest BCUT2D eigenvalue weighted by Gasteiger charge is -2.68. The highest BCUT2D eigenvalue weighted by Gasteiger charge is 2.78. The average Bonchev–Trinajstić information content (AvgIpc) is 3.31. The number of aliphatic hydroxyl groups is 6. The third-order valence-electron chi connectivity index (χ3n) is 14.9. The number of fused-ring (bicyclic) bond motifs is 5. The van der Waals surface area contributed by atoms with Crippen LogP contribution in [0.2, 0.25) is 0 Å². The number of benzene rings is 3. The lowest BCUT2D eigenvalue weighted by Crippen LogP contribution is -2.82. The molecule has 8 rings (SSSR count). The standard InChI is InChI=1S/C50H57NO17/c1-25-31(65-45(61)38(56)35(27-15-9-6-10-16-27)51-43(59)28-17-11-7-12-18-28)22-50(62)42(67-44(60)29-19-13-8-14-20-29)40-48(5,41(58)37(55)34(25)47(50,3)4)32(21-33-49(40,24-64-33)68-26(2)52)66-46-39(57)36(54)30(53)23-63-46/h6-20,30-33,35-40,42,46,53-57,62H,21-24H2,1-5H3,(H,51,59)/t30?,31?,32?,33?,35?,36?,37?,38?,39?,40?,42?,46?,48-,49+,50-/m1/s1. The minimum atomic E-state index is -2.47. The van der Waals surface area contributed by atoms with Gasteiger partial charge in [-0.25, -0.2) is 9.59 Å². The molecule has 2 heterocycles. The van der Waals surface area contributed by atoms with Gasteiger partial charge in [0.2, 0.25) is 0 Å². The first kappa shape index (κ1) is 49.0. The van der Waals surface area contributed by atoms with Crippen LogP contribution in [0.25, 0.3) is 0 Å². The van der Waals surface area contributed by atoms with E-state index in [1.807, 2.05) is 0 Å². The predicted molar refractivity (Wildman–Crippen MR) is 235 cm³/mol. The van der Waals surface area contributed by atoms with Crippen LogP contribution in [0.5, 0.6) is 0 Å². The van der Waals surface area contributed by atoms with Crippen molar-refractivity contribution in [3.63, 3.8) is 0 Å². The number of esters is 3. The first-order chi connectivity index (χ1) is 32.2. The molecule has 15 atom stereocenters. The number of hydrogen-bond donors (Lipinski definition) is 7. The van der Waals surface area contributed by atoms with Gasteiger partial charge in [-0.05, 0) is 54.8 Å². The Labute approximate surface area is 391 Å². The maximum atomic E-state index is 15.7. The van der Waals surface area contributed by atoms with Crippen molar-refractivity contribution >= 4 is 29.6 Å². The summed E-state index contributed by atoms with van der Waals surface area (Å²) in [4.78, 5) is 71.3. The maximum absolute atomic E-state index is 15.7. The molecule has 3 aliphatic carbocycles. The largest absolute Gasteiger partial charge is 0.456 e. The first-order valence-electron chi connectivity index (χ1n) is 22.5. The van der Waals surface area contributed by atoms with Crippen LogP contribution in [0.15, 0.2) is 102 Å². The molecular weight excluding hydrogens is 887 g/mol. The number of amides is 1. The van der Waals surface area contributed by atoms with Crippen LogP contribution in [-0.2, 0) is 42.8 Å². The Morgan fingerprint density at radius 1 is 0.824 bits per heavy atom. The average molecular weight is 944 g/mol. The molecule has 12 unspecified atom stereocenters. The van der Waals surface area contributed by atoms with Crippen LogP contribution in [0.1, 0.15) is 79.8 Å². The van der Waals surface area contributed by atoms with Crippen LogP contribution in [-0.4, -0.2) is 146 Å². The van der Waals surface area contributed by atoms with E-state index in [2.05, 4.69) is 5.32 Å². The number of aliphatic hydroxyl groups excluding tert-OH is 5. The van der Waals surface area contributed by atoms with Gasteiger partial charge in [0.1, 0.15) is 48.3 Å². The molecule has 364 valence electrons. The topological polar surface area (TPSA) is 274 Å². The zero-order valence-electron chi connectivity index (χ0n) is 38.1. The zero-order chi connectivity index (χ0) is 49.1. The van der Waals surface area contributed by atoms with Gasteiger partial charge in [0.25, 0.3) is 5.91 Å². The summed E-state index contributed by atoms with van der Waals surface area (Å²) in [5.41, 5.74) is -7.60. The highest BCUT2D eigenvalue weighted by atomic mass is 16.7. The van der Waals surface area contributed by atoms with E-state index >= 15 is 4.79 Å². The van der Waals surface area contributed by atoms with E-state index in [1.54, 1.807) is 78.9 Å². The summed E-state index contributed by atoms with van der Waals surface area (Å²) in [7, 11) is 0. The molecule has 18 nitrogen and oxygen atoms in total. The highest BCUT2D eigenvalue weighted by Crippen LogP contribution is 2.65. The van der Waals surface area contributed by atoms with E-state index < -0.39 is 138 Å². The normalized spacial score (nSPS) is 36.0.